The Bertz CT molecular complexity index is 1040. The van der Waals surface area contributed by atoms with E-state index in [-0.39, 0.29) is 11.1 Å². The number of anilines is 2. The van der Waals surface area contributed by atoms with Crippen molar-refractivity contribution in [1.29, 1.82) is 0 Å². The molecular formula is C26H24N2O4Pb. The van der Waals surface area contributed by atoms with Crippen molar-refractivity contribution in [3.05, 3.63) is 120 Å². The van der Waals surface area contributed by atoms with Gasteiger partial charge in [0.05, 0.1) is 11.1 Å². The number of nitrogen functional groups attached to an aromatic ring is 2. The van der Waals surface area contributed by atoms with Crippen LogP contribution in [0.3, 0.4) is 0 Å². The van der Waals surface area contributed by atoms with Gasteiger partial charge in [0.1, 0.15) is 0 Å². The number of benzene rings is 4. The average Bonchev–Trinajstić information content (AvgIpc) is 2.82. The average molecular weight is 636 g/mol. The van der Waals surface area contributed by atoms with Gasteiger partial charge in [-0.05, 0) is 48.5 Å². The van der Waals surface area contributed by atoms with Gasteiger partial charge in [-0.2, -0.15) is 0 Å². The summed E-state index contributed by atoms with van der Waals surface area (Å²) in [5, 5.41) is 16.9. The van der Waals surface area contributed by atoms with E-state index < -0.39 is 36.2 Å². The Hall–Kier alpha value is -3.66. The molecule has 0 aromatic heterocycles. The molecule has 7 heteroatoms. The molecule has 6 nitrogen and oxygen atoms in total. The molecule has 4 aromatic carbocycles. The van der Waals surface area contributed by atoms with Gasteiger partial charge in [-0.15, -0.1) is 0 Å². The molecule has 0 aliphatic heterocycles. The molecule has 0 atom stereocenters. The number of rotatable bonds is 4. The predicted octanol–water partition coefficient (Wildman–Crippen LogP) is 3.28. The van der Waals surface area contributed by atoms with Crippen LogP contribution in [-0.4, -0.2) is 46.4 Å². The molecule has 0 amide bonds. The van der Waals surface area contributed by atoms with E-state index in [1.807, 2.05) is 0 Å². The summed E-state index contributed by atoms with van der Waals surface area (Å²) < 4.78 is 3.13. The van der Waals surface area contributed by atoms with Crippen LogP contribution in [0, 0.1) is 0 Å². The van der Waals surface area contributed by atoms with Crippen molar-refractivity contribution >= 4 is 53.8 Å². The van der Waals surface area contributed by atoms with Crippen LogP contribution < -0.4 is 17.7 Å². The van der Waals surface area contributed by atoms with Crippen molar-refractivity contribution in [2.24, 2.45) is 0 Å². The molecule has 2 radical (unpaired) electrons. The fourth-order valence-corrected chi connectivity index (χ4v) is 6.55. The van der Waals surface area contributed by atoms with Crippen LogP contribution in [0.5, 0.6) is 0 Å². The summed E-state index contributed by atoms with van der Waals surface area (Å²) in [6.45, 7) is 0. The third-order valence-corrected chi connectivity index (χ3v) is 8.99. The summed E-state index contributed by atoms with van der Waals surface area (Å²) in [5.74, 6) is -1.86. The maximum absolute atomic E-state index is 10.3. The summed E-state index contributed by atoms with van der Waals surface area (Å²) >= 11 is -0.740. The number of hydrogen-bond acceptors (Lipinski definition) is 4. The summed E-state index contributed by atoms with van der Waals surface area (Å²) in [6.07, 6.45) is 0. The zero-order valence-corrected chi connectivity index (χ0v) is 21.6. The Morgan fingerprint density at radius 1 is 0.515 bits per heavy atom. The van der Waals surface area contributed by atoms with Crippen LogP contribution in [0.1, 0.15) is 20.7 Å². The van der Waals surface area contributed by atoms with Gasteiger partial charge in [0.25, 0.3) is 0 Å². The molecule has 0 aliphatic rings. The first-order valence-corrected chi connectivity index (χ1v) is 13.8. The Morgan fingerprint density at radius 2 is 0.818 bits per heavy atom. The van der Waals surface area contributed by atoms with E-state index in [1.54, 1.807) is 30.5 Å². The van der Waals surface area contributed by atoms with Crippen molar-refractivity contribution in [2.75, 3.05) is 11.5 Å². The number of carbonyl (C=O) groups is 2. The van der Waals surface area contributed by atoms with Crippen LogP contribution in [0.4, 0.5) is 11.4 Å². The van der Waals surface area contributed by atoms with Gasteiger partial charge in [-0.1, -0.05) is 0 Å². The van der Waals surface area contributed by atoms with Gasteiger partial charge in [-0.3, -0.25) is 0 Å². The van der Waals surface area contributed by atoms with Crippen molar-refractivity contribution in [3.8, 4) is 0 Å². The predicted molar refractivity (Wildman–Crippen MR) is 134 cm³/mol. The Kier molecular flexibility index (Phi) is 10.6. The van der Waals surface area contributed by atoms with Gasteiger partial charge < -0.3 is 21.7 Å². The molecule has 0 unspecified atom stereocenters. The molecule has 0 spiro atoms. The fraction of sp³-hybridized carbons (Fsp3) is 0. The standard InChI is InChI=1S/2C7H7NO2.2C6H5.Pb/c2*8-6-3-1-5(2-4-6)7(9)10;2*1-2-4-6-5-3-1;/h2*1-4H,8H2,(H,9,10);2*1-5H;. The van der Waals surface area contributed by atoms with Crippen LogP contribution in [0.25, 0.3) is 0 Å². The van der Waals surface area contributed by atoms with E-state index in [2.05, 4.69) is 60.7 Å². The minimum absolute atomic E-state index is 0.259. The molecule has 0 bridgehead atoms. The second kappa shape index (κ2) is 13.7. The molecule has 0 saturated carbocycles. The molecule has 0 saturated heterocycles. The number of hydrogen-bond donors (Lipinski definition) is 4. The van der Waals surface area contributed by atoms with Crippen molar-refractivity contribution in [1.82, 2.24) is 0 Å². The summed E-state index contributed by atoms with van der Waals surface area (Å²) in [5.41, 5.74) is 12.3. The normalized spacial score (nSPS) is 9.45. The Balaban J connectivity index is 0.000000178. The molecule has 0 heterocycles. The summed E-state index contributed by atoms with van der Waals surface area (Å²) in [4.78, 5) is 20.5. The van der Waals surface area contributed by atoms with Gasteiger partial charge in [-0.25, -0.2) is 9.59 Å². The fourth-order valence-electron chi connectivity index (χ4n) is 2.46. The quantitative estimate of drug-likeness (QED) is 0.202. The topological polar surface area (TPSA) is 127 Å². The number of aromatic carboxylic acids is 2. The molecule has 4 aromatic rings. The number of carboxylic acids is 2. The van der Waals surface area contributed by atoms with E-state index in [4.69, 9.17) is 21.7 Å². The number of carboxylic acid groups (broad SMARTS) is 2. The molecule has 6 N–H and O–H groups in total. The zero-order valence-electron chi connectivity index (χ0n) is 17.8. The molecule has 166 valence electrons. The second-order valence-electron chi connectivity index (χ2n) is 6.71. The molecule has 4 rings (SSSR count). The van der Waals surface area contributed by atoms with Gasteiger partial charge in [0.15, 0.2) is 0 Å². The number of nitrogens with two attached hydrogens (primary N) is 2. The van der Waals surface area contributed by atoms with Gasteiger partial charge in [0, 0.05) is 11.4 Å². The molecule has 0 fully saturated rings. The summed E-state index contributed by atoms with van der Waals surface area (Å²) in [6, 6.07) is 33.8. The monoisotopic (exact) mass is 636 g/mol. The molecule has 33 heavy (non-hydrogen) atoms. The molecular weight excluding hydrogens is 611 g/mol. The maximum atomic E-state index is 10.3. The van der Waals surface area contributed by atoms with Crippen molar-refractivity contribution in [2.45, 2.75) is 0 Å². The van der Waals surface area contributed by atoms with Crippen molar-refractivity contribution < 1.29 is 19.8 Å². The van der Waals surface area contributed by atoms with E-state index >= 15 is 0 Å². The first kappa shape index (κ1) is 25.6. The van der Waals surface area contributed by atoms with Crippen molar-refractivity contribution in [3.63, 3.8) is 0 Å². The van der Waals surface area contributed by atoms with E-state index in [0.717, 1.165) is 0 Å². The molecule has 0 aliphatic carbocycles. The van der Waals surface area contributed by atoms with Crippen LogP contribution in [0.2, 0.25) is 0 Å². The second-order valence-corrected chi connectivity index (χ2v) is 12.2. The van der Waals surface area contributed by atoms with E-state index in [9.17, 15) is 9.59 Å². The Labute approximate surface area is 204 Å². The minimum atomic E-state index is -0.931. The van der Waals surface area contributed by atoms with Crippen LogP contribution >= 0.6 is 0 Å². The third-order valence-electron chi connectivity index (χ3n) is 4.15. The van der Waals surface area contributed by atoms with E-state index in [1.165, 1.54) is 24.3 Å². The summed E-state index contributed by atoms with van der Waals surface area (Å²) in [7, 11) is 0. The first-order valence-electron chi connectivity index (χ1n) is 9.90. The van der Waals surface area contributed by atoms with E-state index in [0.29, 0.717) is 11.4 Å². The zero-order chi connectivity index (χ0) is 24.1. The van der Waals surface area contributed by atoms with Gasteiger partial charge >= 0.3 is 103 Å². The van der Waals surface area contributed by atoms with Crippen LogP contribution in [0.15, 0.2) is 109 Å². The first-order chi connectivity index (χ1) is 15.8. The van der Waals surface area contributed by atoms with Gasteiger partial charge in [0.2, 0.25) is 0 Å². The SMILES string of the molecule is Nc1ccc(C(=O)O)cc1.Nc1ccc(C(=O)O)cc1.c1cc[c]([Pb][c]2ccccc2)cc1. The Morgan fingerprint density at radius 3 is 1.09 bits per heavy atom. The third kappa shape index (κ3) is 10.0. The van der Waals surface area contributed by atoms with Crippen LogP contribution in [-0.2, 0) is 0 Å².